The fourth-order valence-electron chi connectivity index (χ4n) is 2.56. The molecule has 4 nitrogen and oxygen atoms in total. The van der Waals surface area contributed by atoms with Crippen molar-refractivity contribution < 1.29 is 9.15 Å². The van der Waals surface area contributed by atoms with Crippen molar-refractivity contribution in [1.29, 1.82) is 0 Å². The van der Waals surface area contributed by atoms with Crippen molar-refractivity contribution in [2.45, 2.75) is 44.9 Å². The largest absolute Gasteiger partial charge is 0.468 e. The van der Waals surface area contributed by atoms with Crippen LogP contribution < -0.4 is 5.32 Å². The molecule has 0 amide bonds. The van der Waals surface area contributed by atoms with Crippen LogP contribution in [0.3, 0.4) is 0 Å². The molecule has 0 radical (unpaired) electrons. The second kappa shape index (κ2) is 6.55. The molecular formula is C15H24N2O2. The molecule has 4 heteroatoms. The molecule has 2 fully saturated rings. The summed E-state index contributed by atoms with van der Waals surface area (Å²) in [5.74, 6) is 1.04. The second-order valence-corrected chi connectivity index (χ2v) is 5.63. The van der Waals surface area contributed by atoms with Gasteiger partial charge in [0.2, 0.25) is 0 Å². The first kappa shape index (κ1) is 13.2. The first-order valence-corrected chi connectivity index (χ1v) is 7.50. The summed E-state index contributed by atoms with van der Waals surface area (Å²) in [6.07, 6.45) is 7.07. The van der Waals surface area contributed by atoms with E-state index in [0.717, 1.165) is 25.5 Å². The molecule has 0 bridgehead atoms. The van der Waals surface area contributed by atoms with E-state index in [9.17, 15) is 0 Å². The molecule has 1 saturated heterocycles. The summed E-state index contributed by atoms with van der Waals surface area (Å²) in [6.45, 7) is 5.87. The van der Waals surface area contributed by atoms with Gasteiger partial charge in [-0.2, -0.15) is 0 Å². The molecule has 1 aliphatic carbocycles. The van der Waals surface area contributed by atoms with Gasteiger partial charge in [0.25, 0.3) is 0 Å². The Morgan fingerprint density at radius 1 is 1.32 bits per heavy atom. The molecule has 106 valence electrons. The summed E-state index contributed by atoms with van der Waals surface area (Å²) in [5.41, 5.74) is 1.19. The van der Waals surface area contributed by atoms with Gasteiger partial charge in [-0.25, -0.2) is 0 Å². The molecule has 1 N–H and O–H groups in total. The quantitative estimate of drug-likeness (QED) is 0.730. The van der Waals surface area contributed by atoms with Gasteiger partial charge in [0.05, 0.1) is 26.0 Å². The molecular weight excluding hydrogens is 240 g/mol. The van der Waals surface area contributed by atoms with Crippen LogP contribution in [0.4, 0.5) is 0 Å². The van der Waals surface area contributed by atoms with Crippen LogP contribution in [-0.2, 0) is 17.9 Å². The minimum absolute atomic E-state index is 0.673. The number of likely N-dealkylation sites (tertiary alicyclic amines) is 1. The maximum absolute atomic E-state index is 5.77. The molecule has 0 atom stereocenters. The van der Waals surface area contributed by atoms with Gasteiger partial charge in [-0.3, -0.25) is 0 Å². The van der Waals surface area contributed by atoms with Gasteiger partial charge in [-0.1, -0.05) is 0 Å². The molecule has 2 aliphatic rings. The number of rotatable bonds is 8. The van der Waals surface area contributed by atoms with Crippen LogP contribution >= 0.6 is 0 Å². The van der Waals surface area contributed by atoms with Crippen LogP contribution in [-0.4, -0.2) is 37.2 Å². The van der Waals surface area contributed by atoms with E-state index in [4.69, 9.17) is 9.15 Å². The van der Waals surface area contributed by atoms with Crippen molar-refractivity contribution in [3.63, 3.8) is 0 Å². The third-order valence-corrected chi connectivity index (χ3v) is 3.97. The molecule has 1 aliphatic heterocycles. The molecule has 1 aromatic heterocycles. The zero-order chi connectivity index (χ0) is 12.9. The number of nitrogens with zero attached hydrogens (tertiary/aromatic N) is 1. The van der Waals surface area contributed by atoms with Gasteiger partial charge in [0.1, 0.15) is 5.76 Å². The standard InChI is InChI=1S/C15H24N2O2/c1-2-7-17(6-1)8-10-18-12-13-5-9-19-15(13)11-16-14-3-4-14/h5,9,14,16H,1-4,6-8,10-12H2. The lowest BCUT2D eigenvalue weighted by Crippen LogP contribution is -2.24. The minimum Gasteiger partial charge on any atom is -0.468 e. The average Bonchev–Trinajstić information content (AvgIpc) is 2.92. The maximum Gasteiger partial charge on any atom is 0.123 e. The first-order valence-electron chi connectivity index (χ1n) is 7.50. The fraction of sp³-hybridized carbons (Fsp3) is 0.733. The normalized spacial score (nSPS) is 20.2. The molecule has 0 unspecified atom stereocenters. The summed E-state index contributed by atoms with van der Waals surface area (Å²) < 4.78 is 11.3. The van der Waals surface area contributed by atoms with E-state index in [1.165, 1.54) is 44.3 Å². The Balaban J connectivity index is 1.35. The van der Waals surface area contributed by atoms with Gasteiger partial charge in [-0.05, 0) is 44.8 Å². The predicted octanol–water partition coefficient (Wildman–Crippen LogP) is 2.14. The SMILES string of the molecule is c1cc(COCCN2CCCC2)c(CNC2CC2)o1. The smallest absolute Gasteiger partial charge is 0.123 e. The monoisotopic (exact) mass is 264 g/mol. The van der Waals surface area contributed by atoms with Gasteiger partial charge in [-0.15, -0.1) is 0 Å². The van der Waals surface area contributed by atoms with Crippen LogP contribution in [0.2, 0.25) is 0 Å². The number of hydrogen-bond acceptors (Lipinski definition) is 4. The van der Waals surface area contributed by atoms with Crippen molar-refractivity contribution in [2.75, 3.05) is 26.2 Å². The third kappa shape index (κ3) is 4.06. The van der Waals surface area contributed by atoms with Gasteiger partial charge < -0.3 is 19.4 Å². The van der Waals surface area contributed by atoms with E-state index in [1.54, 1.807) is 6.26 Å². The van der Waals surface area contributed by atoms with E-state index in [2.05, 4.69) is 10.2 Å². The van der Waals surface area contributed by atoms with Crippen LogP contribution in [0.15, 0.2) is 16.7 Å². The van der Waals surface area contributed by atoms with Crippen LogP contribution in [0.5, 0.6) is 0 Å². The zero-order valence-corrected chi connectivity index (χ0v) is 11.6. The summed E-state index contributed by atoms with van der Waals surface area (Å²) in [6, 6.07) is 2.74. The van der Waals surface area contributed by atoms with Crippen molar-refractivity contribution in [2.24, 2.45) is 0 Å². The Kier molecular flexibility index (Phi) is 4.53. The van der Waals surface area contributed by atoms with E-state index < -0.39 is 0 Å². The van der Waals surface area contributed by atoms with Crippen molar-refractivity contribution in [3.8, 4) is 0 Å². The Hall–Kier alpha value is -0.840. The molecule has 2 heterocycles. The lowest BCUT2D eigenvalue weighted by molar-refractivity contribution is 0.0981. The van der Waals surface area contributed by atoms with Crippen molar-refractivity contribution in [3.05, 3.63) is 23.7 Å². The first-order chi connectivity index (χ1) is 9.42. The van der Waals surface area contributed by atoms with E-state index in [1.807, 2.05) is 6.07 Å². The molecule has 1 aromatic rings. The molecule has 3 rings (SSSR count). The Bertz CT molecular complexity index is 381. The maximum atomic E-state index is 5.77. The highest BCUT2D eigenvalue weighted by Gasteiger charge is 2.21. The lowest BCUT2D eigenvalue weighted by Gasteiger charge is -2.14. The summed E-state index contributed by atoms with van der Waals surface area (Å²) in [5, 5.41) is 3.48. The molecule has 0 spiro atoms. The Morgan fingerprint density at radius 3 is 2.95 bits per heavy atom. The highest BCUT2D eigenvalue weighted by molar-refractivity contribution is 5.16. The highest BCUT2D eigenvalue weighted by Crippen LogP contribution is 2.20. The lowest BCUT2D eigenvalue weighted by atomic mass is 10.2. The highest BCUT2D eigenvalue weighted by atomic mass is 16.5. The fourth-order valence-corrected chi connectivity index (χ4v) is 2.56. The summed E-state index contributed by atoms with van der Waals surface area (Å²) in [7, 11) is 0. The number of furan rings is 1. The van der Waals surface area contributed by atoms with Crippen LogP contribution in [0.25, 0.3) is 0 Å². The van der Waals surface area contributed by atoms with E-state index in [-0.39, 0.29) is 0 Å². The van der Waals surface area contributed by atoms with Crippen molar-refractivity contribution >= 4 is 0 Å². The second-order valence-electron chi connectivity index (χ2n) is 5.63. The summed E-state index contributed by atoms with van der Waals surface area (Å²) in [4.78, 5) is 2.48. The average molecular weight is 264 g/mol. The molecule has 19 heavy (non-hydrogen) atoms. The molecule has 0 aromatic carbocycles. The van der Waals surface area contributed by atoms with Gasteiger partial charge in [0.15, 0.2) is 0 Å². The Morgan fingerprint density at radius 2 is 2.16 bits per heavy atom. The topological polar surface area (TPSA) is 37.6 Å². The van der Waals surface area contributed by atoms with Gasteiger partial charge in [0, 0.05) is 18.2 Å². The van der Waals surface area contributed by atoms with Gasteiger partial charge >= 0.3 is 0 Å². The third-order valence-electron chi connectivity index (χ3n) is 3.97. The van der Waals surface area contributed by atoms with Crippen LogP contribution in [0.1, 0.15) is 37.0 Å². The van der Waals surface area contributed by atoms with E-state index >= 15 is 0 Å². The van der Waals surface area contributed by atoms with Crippen molar-refractivity contribution in [1.82, 2.24) is 10.2 Å². The predicted molar refractivity (Wildman–Crippen MR) is 73.9 cm³/mol. The number of hydrogen-bond donors (Lipinski definition) is 1. The molecule has 1 saturated carbocycles. The zero-order valence-electron chi connectivity index (χ0n) is 11.6. The summed E-state index contributed by atoms with van der Waals surface area (Å²) >= 11 is 0. The Labute approximate surface area is 115 Å². The number of nitrogens with one attached hydrogen (secondary N) is 1. The minimum atomic E-state index is 0.673. The van der Waals surface area contributed by atoms with Crippen LogP contribution in [0, 0.1) is 0 Å². The van der Waals surface area contributed by atoms with E-state index in [0.29, 0.717) is 12.6 Å². The number of ether oxygens (including phenoxy) is 1.